The van der Waals surface area contributed by atoms with Gasteiger partial charge in [-0.05, 0) is 24.3 Å². The van der Waals surface area contributed by atoms with Crippen molar-refractivity contribution in [2.75, 3.05) is 0 Å². The van der Waals surface area contributed by atoms with Crippen molar-refractivity contribution in [1.82, 2.24) is 4.98 Å². The molecule has 0 spiro atoms. The summed E-state index contributed by atoms with van der Waals surface area (Å²) in [5.74, 6) is 0. The zero-order valence-corrected chi connectivity index (χ0v) is 9.13. The van der Waals surface area contributed by atoms with Crippen LogP contribution in [-0.4, -0.2) is 15.9 Å². The maximum Gasteiger partial charge on any atom is 0.216 e. The van der Waals surface area contributed by atoms with Gasteiger partial charge in [-0.15, -0.1) is 0 Å². The fourth-order valence-corrected chi connectivity index (χ4v) is 1.37. The minimum atomic E-state index is 0.543. The number of pyridine rings is 1. The third-order valence-electron chi connectivity index (χ3n) is 2.05. The van der Waals surface area contributed by atoms with Crippen LogP contribution in [0.2, 0.25) is 5.02 Å². The summed E-state index contributed by atoms with van der Waals surface area (Å²) in [4.78, 5) is 3.88. The normalized spacial score (nSPS) is 11.4. The van der Waals surface area contributed by atoms with Gasteiger partial charge >= 0.3 is 0 Å². The molecule has 0 aliphatic carbocycles. The molecule has 0 saturated heterocycles. The van der Waals surface area contributed by atoms with Gasteiger partial charge in [0, 0.05) is 35.1 Å². The van der Waals surface area contributed by atoms with E-state index in [-0.39, 0.29) is 0 Å². The highest BCUT2D eigenvalue weighted by Gasteiger charge is 2.00. The molecule has 4 heteroatoms. The fraction of sp³-hybridized carbons (Fsp3) is 0. The highest BCUT2D eigenvalue weighted by Crippen LogP contribution is 2.15. The van der Waals surface area contributed by atoms with Crippen molar-refractivity contribution in [2.24, 2.45) is 0 Å². The van der Waals surface area contributed by atoms with E-state index >= 15 is 0 Å². The summed E-state index contributed by atoms with van der Waals surface area (Å²) in [5.41, 5.74) is 1.35. The van der Waals surface area contributed by atoms with Gasteiger partial charge in [0.2, 0.25) is 5.69 Å². The zero-order chi connectivity index (χ0) is 11.4. The Kier molecular flexibility index (Phi) is 3.17. The molecule has 0 bridgehead atoms. The Morgan fingerprint density at radius 2 is 1.69 bits per heavy atom. The summed E-state index contributed by atoms with van der Waals surface area (Å²) in [6.07, 6.45) is 4.77. The molecule has 0 saturated carbocycles. The van der Waals surface area contributed by atoms with Crippen LogP contribution in [0.15, 0.2) is 48.8 Å². The Hall–Kier alpha value is -1.87. The van der Waals surface area contributed by atoms with Crippen LogP contribution in [0.25, 0.3) is 0 Å². The monoisotopic (exact) mass is 232 g/mol. The van der Waals surface area contributed by atoms with E-state index < -0.39 is 0 Å². The average Bonchev–Trinajstić information content (AvgIpc) is 2.31. The Labute approximate surface area is 98.2 Å². The Morgan fingerprint density at radius 1 is 1.06 bits per heavy atom. The van der Waals surface area contributed by atoms with Crippen molar-refractivity contribution in [3.8, 4) is 0 Å². The van der Waals surface area contributed by atoms with E-state index in [0.717, 1.165) is 10.3 Å². The first-order valence-electron chi connectivity index (χ1n) is 4.72. The molecule has 0 aliphatic rings. The average molecular weight is 233 g/mol. The van der Waals surface area contributed by atoms with E-state index in [0.29, 0.717) is 10.7 Å². The molecule has 1 heterocycles. The van der Waals surface area contributed by atoms with Crippen molar-refractivity contribution in [1.29, 1.82) is 0 Å². The minimum Gasteiger partial charge on any atom is -0.618 e. The van der Waals surface area contributed by atoms with Crippen LogP contribution < -0.4 is 0 Å². The summed E-state index contributed by atoms with van der Waals surface area (Å²) < 4.78 is 0.797. The number of hydrogen-bond acceptors (Lipinski definition) is 2. The quantitative estimate of drug-likeness (QED) is 0.346. The smallest absolute Gasteiger partial charge is 0.216 e. The third-order valence-corrected chi connectivity index (χ3v) is 2.31. The molecule has 1 aromatic heterocycles. The predicted octanol–water partition coefficient (Wildman–Crippen LogP) is 3.00. The summed E-state index contributed by atoms with van der Waals surface area (Å²) in [7, 11) is 0. The molecule has 0 fully saturated rings. The van der Waals surface area contributed by atoms with Crippen LogP contribution in [0.5, 0.6) is 0 Å². The van der Waals surface area contributed by atoms with Gasteiger partial charge in [0.05, 0.1) is 0 Å². The van der Waals surface area contributed by atoms with E-state index in [2.05, 4.69) is 4.98 Å². The maximum absolute atomic E-state index is 11.7. The van der Waals surface area contributed by atoms with Gasteiger partial charge in [-0.25, -0.2) is 0 Å². The molecule has 1 aromatic carbocycles. The summed E-state index contributed by atoms with van der Waals surface area (Å²) in [6.45, 7) is 0. The number of hydrogen-bond donors (Lipinski definition) is 0. The second-order valence-corrected chi connectivity index (χ2v) is 3.65. The Balaban J connectivity index is 2.28. The SMILES string of the molecule is [O-]/[N+](=C\c1ccncc1)c1ccc(Cl)cc1. The Bertz CT molecular complexity index is 494. The largest absolute Gasteiger partial charge is 0.618 e. The van der Waals surface area contributed by atoms with Crippen molar-refractivity contribution in [2.45, 2.75) is 0 Å². The molecular formula is C12H9ClN2O. The molecule has 80 valence electrons. The molecule has 0 radical (unpaired) electrons. The van der Waals surface area contributed by atoms with Crippen LogP contribution in [0.1, 0.15) is 5.56 Å². The van der Waals surface area contributed by atoms with Crippen LogP contribution in [0, 0.1) is 5.21 Å². The lowest BCUT2D eigenvalue weighted by molar-refractivity contribution is -0.354. The lowest BCUT2D eigenvalue weighted by atomic mass is 10.3. The Morgan fingerprint density at radius 3 is 2.31 bits per heavy atom. The fourth-order valence-electron chi connectivity index (χ4n) is 1.25. The molecule has 0 aliphatic heterocycles. The van der Waals surface area contributed by atoms with Crippen LogP contribution in [-0.2, 0) is 0 Å². The van der Waals surface area contributed by atoms with Crippen molar-refractivity contribution < 1.29 is 4.74 Å². The molecular weight excluding hydrogens is 224 g/mol. The van der Waals surface area contributed by atoms with Gasteiger partial charge < -0.3 is 5.21 Å². The highest BCUT2D eigenvalue weighted by atomic mass is 35.5. The lowest BCUT2D eigenvalue weighted by Crippen LogP contribution is -1.98. The topological polar surface area (TPSA) is 39.0 Å². The van der Waals surface area contributed by atoms with Gasteiger partial charge in [-0.1, -0.05) is 11.6 Å². The molecule has 2 aromatic rings. The summed E-state index contributed by atoms with van der Waals surface area (Å²) in [5, 5.41) is 12.3. The van der Waals surface area contributed by atoms with Gasteiger partial charge in [-0.3, -0.25) is 4.98 Å². The van der Waals surface area contributed by atoms with E-state index in [1.54, 1.807) is 48.8 Å². The number of benzene rings is 1. The standard InChI is InChI=1S/C12H9ClN2O/c13-11-1-3-12(4-2-11)15(16)9-10-5-7-14-8-6-10/h1-9H/b15-9-. The molecule has 0 amide bonds. The number of rotatable bonds is 2. The van der Waals surface area contributed by atoms with E-state index in [1.165, 1.54) is 6.21 Å². The molecule has 16 heavy (non-hydrogen) atoms. The van der Waals surface area contributed by atoms with Crippen LogP contribution >= 0.6 is 11.6 Å². The lowest BCUT2D eigenvalue weighted by Gasteiger charge is -2.02. The second kappa shape index (κ2) is 4.77. The maximum atomic E-state index is 11.7. The predicted molar refractivity (Wildman–Crippen MR) is 64.1 cm³/mol. The number of aromatic nitrogens is 1. The summed E-state index contributed by atoms with van der Waals surface area (Å²) >= 11 is 5.74. The van der Waals surface area contributed by atoms with Crippen molar-refractivity contribution in [3.63, 3.8) is 0 Å². The van der Waals surface area contributed by atoms with Crippen LogP contribution in [0.4, 0.5) is 5.69 Å². The first-order valence-corrected chi connectivity index (χ1v) is 5.10. The van der Waals surface area contributed by atoms with Crippen molar-refractivity contribution in [3.05, 3.63) is 64.6 Å². The second-order valence-electron chi connectivity index (χ2n) is 3.21. The number of nitrogens with zero attached hydrogens (tertiary/aromatic N) is 2. The molecule has 0 N–H and O–H groups in total. The third kappa shape index (κ3) is 2.58. The molecule has 0 atom stereocenters. The van der Waals surface area contributed by atoms with Gasteiger partial charge in [0.25, 0.3) is 0 Å². The number of halogens is 1. The highest BCUT2D eigenvalue weighted by molar-refractivity contribution is 6.30. The van der Waals surface area contributed by atoms with Gasteiger partial charge in [0.15, 0.2) is 6.21 Å². The first-order chi connectivity index (χ1) is 7.75. The summed E-state index contributed by atoms with van der Waals surface area (Å²) in [6, 6.07) is 10.2. The van der Waals surface area contributed by atoms with Crippen LogP contribution in [0.3, 0.4) is 0 Å². The molecule has 2 rings (SSSR count). The van der Waals surface area contributed by atoms with Crippen molar-refractivity contribution >= 4 is 23.5 Å². The minimum absolute atomic E-state index is 0.543. The van der Waals surface area contributed by atoms with Gasteiger partial charge in [-0.2, -0.15) is 4.74 Å². The first kappa shape index (κ1) is 10.6. The van der Waals surface area contributed by atoms with Gasteiger partial charge in [0.1, 0.15) is 0 Å². The zero-order valence-electron chi connectivity index (χ0n) is 8.38. The van der Waals surface area contributed by atoms with E-state index in [4.69, 9.17) is 11.6 Å². The molecule has 3 nitrogen and oxygen atoms in total. The van der Waals surface area contributed by atoms with E-state index in [1.807, 2.05) is 0 Å². The van der Waals surface area contributed by atoms with E-state index in [9.17, 15) is 5.21 Å². The molecule has 0 unspecified atom stereocenters.